The van der Waals surface area contributed by atoms with Crippen molar-refractivity contribution in [1.82, 2.24) is 5.32 Å². The van der Waals surface area contributed by atoms with Crippen molar-refractivity contribution in [2.24, 2.45) is 11.8 Å². The molecular weight excluding hydrogens is 508 g/mol. The van der Waals surface area contributed by atoms with Crippen LogP contribution in [0.5, 0.6) is 5.75 Å². The molecule has 39 heavy (non-hydrogen) atoms. The fraction of sp³-hybridized carbons (Fsp3) is 0.607. The molecule has 0 saturated carbocycles. The molecule has 2 rings (SSSR count). The molecular formula is C28H40N2O9. The molecule has 1 fully saturated rings. The number of unbranched alkanes of at least 4 members (excludes halogenated alkanes) is 3. The molecule has 0 aromatic heterocycles. The maximum atomic E-state index is 13.3. The molecule has 1 aromatic carbocycles. The van der Waals surface area contributed by atoms with Crippen molar-refractivity contribution >= 4 is 35.4 Å². The number of rotatable bonds is 10. The lowest BCUT2D eigenvalue weighted by atomic mass is 9.92. The maximum absolute atomic E-state index is 13.3. The minimum Gasteiger partial charge on any atom is -0.505 e. The molecule has 0 unspecified atom stereocenters. The predicted octanol–water partition coefficient (Wildman–Crippen LogP) is 3.48. The summed E-state index contributed by atoms with van der Waals surface area (Å²) in [5, 5.41) is 15.4. The van der Waals surface area contributed by atoms with E-state index in [4.69, 9.17) is 14.2 Å². The van der Waals surface area contributed by atoms with Gasteiger partial charge in [-0.05, 0) is 32.4 Å². The molecule has 0 aliphatic carbocycles. The SMILES string of the molecule is CCCCCC[C@H]1C(=O)O[C@H](C)[C@H](NC(=O)c2cccc(NC(C)=O)c2O)C(=O)O[C@@H](C)[C@@H]1OC(=O)C(C)C. The number of benzene rings is 1. The third-order valence-electron chi connectivity index (χ3n) is 6.46. The maximum Gasteiger partial charge on any atom is 0.332 e. The Kier molecular flexibility index (Phi) is 11.7. The molecule has 3 N–H and O–H groups in total. The van der Waals surface area contributed by atoms with E-state index in [1.54, 1.807) is 13.8 Å². The van der Waals surface area contributed by atoms with Gasteiger partial charge in [-0.2, -0.15) is 0 Å². The summed E-state index contributed by atoms with van der Waals surface area (Å²) < 4.78 is 16.9. The van der Waals surface area contributed by atoms with E-state index in [2.05, 4.69) is 17.6 Å². The Morgan fingerprint density at radius 3 is 2.31 bits per heavy atom. The molecule has 1 aliphatic heterocycles. The topological polar surface area (TPSA) is 157 Å². The van der Waals surface area contributed by atoms with Crippen LogP contribution in [0.15, 0.2) is 18.2 Å². The van der Waals surface area contributed by atoms with Crippen LogP contribution < -0.4 is 10.6 Å². The largest absolute Gasteiger partial charge is 0.505 e. The normalized spacial score (nSPS) is 23.5. The van der Waals surface area contributed by atoms with E-state index in [1.165, 1.54) is 39.0 Å². The number of hydrogen-bond donors (Lipinski definition) is 3. The van der Waals surface area contributed by atoms with Crippen LogP contribution in [-0.2, 0) is 33.4 Å². The van der Waals surface area contributed by atoms with Gasteiger partial charge in [0, 0.05) is 6.92 Å². The summed E-state index contributed by atoms with van der Waals surface area (Å²) in [5.74, 6) is -5.24. The van der Waals surface area contributed by atoms with Gasteiger partial charge in [0.05, 0.1) is 23.1 Å². The summed E-state index contributed by atoms with van der Waals surface area (Å²) in [6.07, 6.45) is 0.670. The Morgan fingerprint density at radius 2 is 1.69 bits per heavy atom. The standard InChI is InChI=1S/C28H40N2O9/c1-7-8-9-10-12-20-24(39-26(34)15(2)3)17(5)38-28(36)22(16(4)37-27(20)35)30-25(33)19-13-11-14-21(23(19)32)29-18(6)31/h11,13-17,20,22,24,32H,7-10,12H2,1-6H3,(H,29,31)(H,30,33)/t16-,17+,20-,22+,24+/m1/s1. The van der Waals surface area contributed by atoms with Crippen LogP contribution in [0.25, 0.3) is 0 Å². The molecule has 1 heterocycles. The molecule has 216 valence electrons. The smallest absolute Gasteiger partial charge is 0.332 e. The van der Waals surface area contributed by atoms with E-state index in [1.807, 2.05) is 0 Å². The second kappa shape index (κ2) is 14.5. The van der Waals surface area contributed by atoms with E-state index in [-0.39, 0.29) is 11.3 Å². The highest BCUT2D eigenvalue weighted by Crippen LogP contribution is 2.29. The highest BCUT2D eigenvalue weighted by Gasteiger charge is 2.44. The third kappa shape index (κ3) is 8.69. The lowest BCUT2D eigenvalue weighted by Crippen LogP contribution is -2.50. The second-order valence-electron chi connectivity index (χ2n) is 10.1. The summed E-state index contributed by atoms with van der Waals surface area (Å²) >= 11 is 0. The van der Waals surface area contributed by atoms with Crippen molar-refractivity contribution in [2.45, 2.75) is 98.0 Å². The zero-order valence-corrected chi connectivity index (χ0v) is 23.4. The molecule has 11 heteroatoms. The third-order valence-corrected chi connectivity index (χ3v) is 6.46. The van der Waals surface area contributed by atoms with Crippen LogP contribution >= 0.6 is 0 Å². The summed E-state index contributed by atoms with van der Waals surface area (Å²) in [5.41, 5.74) is -0.195. The van der Waals surface area contributed by atoms with Crippen LogP contribution in [0.3, 0.4) is 0 Å². The summed E-state index contributed by atoms with van der Waals surface area (Å²) in [4.78, 5) is 63.5. The number of aromatic hydroxyl groups is 1. The van der Waals surface area contributed by atoms with Gasteiger partial charge >= 0.3 is 17.9 Å². The number of carbonyl (C=O) groups is 5. The van der Waals surface area contributed by atoms with E-state index in [0.29, 0.717) is 12.8 Å². The molecule has 0 radical (unpaired) electrons. The summed E-state index contributed by atoms with van der Waals surface area (Å²) in [6.45, 7) is 9.60. The van der Waals surface area contributed by atoms with E-state index in [9.17, 15) is 29.1 Å². The predicted molar refractivity (Wildman–Crippen MR) is 142 cm³/mol. The highest BCUT2D eigenvalue weighted by atomic mass is 16.6. The van der Waals surface area contributed by atoms with Crippen molar-refractivity contribution in [3.63, 3.8) is 0 Å². The Hall–Kier alpha value is -3.63. The van der Waals surface area contributed by atoms with Crippen LogP contribution in [-0.4, -0.2) is 59.2 Å². The van der Waals surface area contributed by atoms with E-state index in [0.717, 1.165) is 19.3 Å². The fourth-order valence-corrected chi connectivity index (χ4v) is 4.25. The molecule has 1 aliphatic rings. The molecule has 5 atom stereocenters. The molecule has 0 spiro atoms. The molecule has 2 amide bonds. The Labute approximate surface area is 228 Å². The zero-order valence-electron chi connectivity index (χ0n) is 23.4. The van der Waals surface area contributed by atoms with Crippen molar-refractivity contribution < 1.29 is 43.3 Å². The van der Waals surface area contributed by atoms with Crippen molar-refractivity contribution in [3.05, 3.63) is 23.8 Å². The number of hydrogen-bond acceptors (Lipinski definition) is 9. The summed E-state index contributed by atoms with van der Waals surface area (Å²) in [6, 6.07) is 2.74. The van der Waals surface area contributed by atoms with Crippen molar-refractivity contribution in [2.75, 3.05) is 5.32 Å². The van der Waals surface area contributed by atoms with Gasteiger partial charge in [0.1, 0.15) is 12.2 Å². The zero-order chi connectivity index (χ0) is 29.3. The first-order valence-electron chi connectivity index (χ1n) is 13.4. The minimum atomic E-state index is -1.42. The van der Waals surface area contributed by atoms with Crippen LogP contribution in [0, 0.1) is 11.8 Å². The number of carbonyl (C=O) groups excluding carboxylic acids is 5. The number of anilines is 1. The van der Waals surface area contributed by atoms with Gasteiger partial charge in [-0.25, -0.2) is 4.79 Å². The summed E-state index contributed by atoms with van der Waals surface area (Å²) in [7, 11) is 0. The Bertz CT molecular complexity index is 1060. The van der Waals surface area contributed by atoms with Gasteiger partial charge in [0.25, 0.3) is 5.91 Å². The number of amides is 2. The average molecular weight is 549 g/mol. The lowest BCUT2D eigenvalue weighted by Gasteiger charge is -2.29. The Balaban J connectivity index is 2.34. The van der Waals surface area contributed by atoms with Crippen LogP contribution in [0.2, 0.25) is 0 Å². The van der Waals surface area contributed by atoms with Gasteiger partial charge in [-0.3, -0.25) is 19.2 Å². The minimum absolute atomic E-state index is 0.0148. The van der Waals surface area contributed by atoms with Crippen LogP contribution in [0.4, 0.5) is 5.69 Å². The molecule has 1 saturated heterocycles. The average Bonchev–Trinajstić information content (AvgIpc) is 2.88. The van der Waals surface area contributed by atoms with E-state index < -0.39 is 71.7 Å². The number of cyclic esters (lactones) is 2. The van der Waals surface area contributed by atoms with Gasteiger partial charge in [0.2, 0.25) is 5.91 Å². The fourth-order valence-electron chi connectivity index (χ4n) is 4.25. The number of ether oxygens (including phenoxy) is 3. The monoisotopic (exact) mass is 548 g/mol. The lowest BCUT2D eigenvalue weighted by molar-refractivity contribution is -0.177. The van der Waals surface area contributed by atoms with Gasteiger partial charge in [0.15, 0.2) is 17.9 Å². The van der Waals surface area contributed by atoms with Gasteiger partial charge < -0.3 is 30.0 Å². The van der Waals surface area contributed by atoms with Crippen molar-refractivity contribution in [1.29, 1.82) is 0 Å². The molecule has 11 nitrogen and oxygen atoms in total. The number of phenolic OH excluding ortho intramolecular Hbond substituents is 1. The number of phenols is 1. The van der Waals surface area contributed by atoms with E-state index >= 15 is 0 Å². The molecule has 0 bridgehead atoms. The Morgan fingerprint density at radius 1 is 1.03 bits per heavy atom. The number of nitrogens with one attached hydrogen (secondary N) is 2. The van der Waals surface area contributed by atoms with Crippen LogP contribution in [0.1, 0.15) is 84.0 Å². The first kappa shape index (κ1) is 31.6. The van der Waals surface area contributed by atoms with Crippen molar-refractivity contribution in [3.8, 4) is 5.75 Å². The van der Waals surface area contributed by atoms with Gasteiger partial charge in [-0.1, -0.05) is 52.5 Å². The van der Waals surface area contributed by atoms with Gasteiger partial charge in [-0.15, -0.1) is 0 Å². The molecule has 1 aromatic rings. The number of para-hydroxylation sites is 1. The highest BCUT2D eigenvalue weighted by molar-refractivity contribution is 6.02. The quantitative estimate of drug-likeness (QED) is 0.172. The number of esters is 3. The first-order chi connectivity index (χ1) is 18.4. The first-order valence-corrected chi connectivity index (χ1v) is 13.4. The second-order valence-corrected chi connectivity index (χ2v) is 10.1.